The van der Waals surface area contributed by atoms with Gasteiger partial charge in [-0.25, -0.2) is 0 Å². The molecule has 0 spiro atoms. The molecule has 0 aliphatic carbocycles. The quantitative estimate of drug-likeness (QED) is 0.408. The van der Waals surface area contributed by atoms with Gasteiger partial charge in [0.15, 0.2) is 0 Å². The van der Waals surface area contributed by atoms with Gasteiger partial charge >= 0.3 is 0 Å². The molecular formula is C9H11N3. The van der Waals surface area contributed by atoms with E-state index < -0.39 is 0 Å². The minimum Gasteiger partial charge on any atom is -0.388 e. The Balaban J connectivity index is 2.70. The lowest BCUT2D eigenvalue weighted by atomic mass is 10.1. The van der Waals surface area contributed by atoms with Crippen LogP contribution >= 0.6 is 0 Å². The van der Waals surface area contributed by atoms with Crippen LogP contribution in [-0.2, 0) is 6.42 Å². The third-order valence-electron chi connectivity index (χ3n) is 1.65. The summed E-state index contributed by atoms with van der Waals surface area (Å²) in [5, 5.41) is 3.03. The Labute approximate surface area is 71.7 Å². The number of anilines is 1. The van der Waals surface area contributed by atoms with Gasteiger partial charge < -0.3 is 10.8 Å². The van der Waals surface area contributed by atoms with E-state index in [1.54, 1.807) is 0 Å². The molecule has 0 saturated carbocycles. The zero-order valence-electron chi connectivity index (χ0n) is 6.99. The fourth-order valence-corrected chi connectivity index (χ4v) is 0.954. The van der Waals surface area contributed by atoms with E-state index in [-0.39, 0.29) is 0 Å². The van der Waals surface area contributed by atoms with Gasteiger partial charge in [-0.2, -0.15) is 4.79 Å². The number of hydrogen-bond acceptors (Lipinski definition) is 1. The van der Waals surface area contributed by atoms with E-state index in [9.17, 15) is 0 Å². The molecule has 3 heteroatoms. The summed E-state index contributed by atoms with van der Waals surface area (Å²) in [6, 6.07) is 7.96. The molecule has 1 aromatic rings. The monoisotopic (exact) mass is 161 g/mol. The first kappa shape index (κ1) is 8.50. The largest absolute Gasteiger partial charge is 0.388 e. The second-order valence-electron chi connectivity index (χ2n) is 2.45. The molecule has 1 rings (SSSR count). The van der Waals surface area contributed by atoms with Crippen LogP contribution in [0.1, 0.15) is 5.56 Å². The molecule has 0 aliphatic rings. The van der Waals surface area contributed by atoms with Crippen LogP contribution in [0.4, 0.5) is 5.69 Å². The van der Waals surface area contributed by atoms with E-state index in [0.29, 0.717) is 6.42 Å². The lowest BCUT2D eigenvalue weighted by molar-refractivity contribution is 0.00158. The van der Waals surface area contributed by atoms with Gasteiger partial charge in [0.05, 0.1) is 6.42 Å². The van der Waals surface area contributed by atoms with Gasteiger partial charge in [0, 0.05) is 12.7 Å². The zero-order valence-corrected chi connectivity index (χ0v) is 6.99. The molecule has 0 saturated heterocycles. The fraction of sp³-hybridized carbons (Fsp3) is 0.222. The normalized spacial score (nSPS) is 8.75. The summed E-state index contributed by atoms with van der Waals surface area (Å²) in [5.41, 5.74) is 10.4. The van der Waals surface area contributed by atoms with Crippen molar-refractivity contribution in [2.24, 2.45) is 0 Å². The van der Waals surface area contributed by atoms with Crippen LogP contribution in [0.3, 0.4) is 0 Å². The van der Waals surface area contributed by atoms with Crippen molar-refractivity contribution in [3.63, 3.8) is 0 Å². The molecule has 0 heterocycles. The van der Waals surface area contributed by atoms with Crippen LogP contribution in [0.15, 0.2) is 24.3 Å². The molecule has 0 atom stereocenters. The minimum absolute atomic E-state index is 0.667. The van der Waals surface area contributed by atoms with Crippen molar-refractivity contribution < 1.29 is 4.79 Å². The Morgan fingerprint density at radius 1 is 1.42 bits per heavy atom. The highest BCUT2D eigenvalue weighted by Crippen LogP contribution is 2.07. The highest BCUT2D eigenvalue weighted by molar-refractivity contribution is 5.56. The predicted octanol–water partition coefficient (Wildman–Crippen LogP) is 1.57. The van der Waals surface area contributed by atoms with Crippen molar-refractivity contribution >= 4 is 11.9 Å². The van der Waals surface area contributed by atoms with Crippen LogP contribution in [0.5, 0.6) is 0 Å². The first-order valence-corrected chi connectivity index (χ1v) is 3.79. The van der Waals surface area contributed by atoms with Crippen LogP contribution in [0, 0.1) is 0 Å². The summed E-state index contributed by atoms with van der Waals surface area (Å²) >= 11 is 0. The second-order valence-corrected chi connectivity index (χ2v) is 2.45. The molecule has 62 valence electrons. The molecule has 0 unspecified atom stereocenters. The summed E-state index contributed by atoms with van der Waals surface area (Å²) < 4.78 is 0. The predicted molar refractivity (Wildman–Crippen MR) is 49.4 cm³/mol. The van der Waals surface area contributed by atoms with Crippen molar-refractivity contribution in [2.45, 2.75) is 6.42 Å². The van der Waals surface area contributed by atoms with E-state index in [2.05, 4.69) is 10.1 Å². The minimum atomic E-state index is 0.667. The molecule has 0 aromatic heterocycles. The topological polar surface area (TPSA) is 48.4 Å². The average molecular weight is 161 g/mol. The first-order chi connectivity index (χ1) is 5.86. The molecule has 0 aliphatic heterocycles. The lowest BCUT2D eigenvalue weighted by Gasteiger charge is -1.98. The summed E-state index contributed by atoms with van der Waals surface area (Å²) in [6.45, 7) is 0. The maximum atomic E-state index is 8.19. The number of hydrogen-bond donors (Lipinski definition) is 1. The summed E-state index contributed by atoms with van der Waals surface area (Å²) in [7, 11) is 1.88. The molecule has 12 heavy (non-hydrogen) atoms. The van der Waals surface area contributed by atoms with Crippen molar-refractivity contribution in [1.29, 1.82) is 0 Å². The van der Waals surface area contributed by atoms with E-state index in [4.69, 9.17) is 5.53 Å². The van der Waals surface area contributed by atoms with Gasteiger partial charge in [-0.05, 0) is 17.7 Å². The number of rotatable bonds is 3. The highest BCUT2D eigenvalue weighted by Gasteiger charge is 1.92. The second kappa shape index (κ2) is 4.31. The molecule has 0 bridgehead atoms. The molecule has 3 nitrogen and oxygen atoms in total. The van der Waals surface area contributed by atoms with Gasteiger partial charge in [-0.1, -0.05) is 12.1 Å². The van der Waals surface area contributed by atoms with Crippen LogP contribution in [0.2, 0.25) is 0 Å². The van der Waals surface area contributed by atoms with Gasteiger partial charge in [-0.3, -0.25) is 0 Å². The van der Waals surface area contributed by atoms with Gasteiger partial charge in [0.25, 0.3) is 6.21 Å². The molecular weight excluding hydrogens is 150 g/mol. The molecule has 0 radical (unpaired) electrons. The Bertz CT molecular complexity index is 283. The molecule has 1 aromatic carbocycles. The summed E-state index contributed by atoms with van der Waals surface area (Å²) in [6.07, 6.45) is 2.13. The lowest BCUT2D eigenvalue weighted by Crippen LogP contribution is -1.89. The zero-order chi connectivity index (χ0) is 8.81. The Kier molecular flexibility index (Phi) is 3.05. The third-order valence-corrected chi connectivity index (χ3v) is 1.65. The summed E-state index contributed by atoms with van der Waals surface area (Å²) in [4.78, 5) is 2.93. The van der Waals surface area contributed by atoms with Crippen molar-refractivity contribution in [1.82, 2.24) is 0 Å². The summed E-state index contributed by atoms with van der Waals surface area (Å²) in [5.74, 6) is 0. The van der Waals surface area contributed by atoms with Crippen molar-refractivity contribution in [3.8, 4) is 0 Å². The van der Waals surface area contributed by atoms with Crippen LogP contribution < -0.4 is 5.32 Å². The van der Waals surface area contributed by atoms with E-state index in [0.717, 1.165) is 11.3 Å². The number of nitrogens with one attached hydrogen (secondary N) is 1. The molecule has 0 fully saturated rings. The Morgan fingerprint density at radius 3 is 2.58 bits per heavy atom. The van der Waals surface area contributed by atoms with Crippen molar-refractivity contribution in [2.75, 3.05) is 12.4 Å². The molecule has 0 amide bonds. The average Bonchev–Trinajstić information content (AvgIpc) is 2.15. The van der Waals surface area contributed by atoms with E-state index >= 15 is 0 Å². The van der Waals surface area contributed by atoms with E-state index in [1.165, 1.54) is 6.21 Å². The maximum absolute atomic E-state index is 8.19. The smallest absolute Gasteiger partial charge is 0.261 e. The van der Waals surface area contributed by atoms with Crippen molar-refractivity contribution in [3.05, 3.63) is 35.4 Å². The first-order valence-electron chi connectivity index (χ1n) is 3.79. The SMILES string of the molecule is CNc1ccc(CC=[N+]=[N-])cc1. The fourth-order valence-electron chi connectivity index (χ4n) is 0.954. The Hall–Kier alpha value is -1.60. The Morgan fingerprint density at radius 2 is 2.08 bits per heavy atom. The standard InChI is InChI=1S/C9H11N3/c1-11-9-4-2-8(3-5-9)6-7-12-10/h2-5,7,11H,6H2,1H3. The van der Waals surface area contributed by atoms with Gasteiger partial charge in [-0.15, -0.1) is 0 Å². The van der Waals surface area contributed by atoms with E-state index in [1.807, 2.05) is 31.3 Å². The number of benzene rings is 1. The number of nitrogens with zero attached hydrogens (tertiary/aromatic N) is 2. The van der Waals surface area contributed by atoms with Crippen LogP contribution in [-0.4, -0.2) is 18.1 Å². The maximum Gasteiger partial charge on any atom is 0.261 e. The molecule has 1 N–H and O–H groups in total. The highest BCUT2D eigenvalue weighted by atomic mass is 14.8. The third kappa shape index (κ3) is 2.22. The van der Waals surface area contributed by atoms with Gasteiger partial charge in [0.1, 0.15) is 0 Å². The van der Waals surface area contributed by atoms with Crippen LogP contribution in [0.25, 0.3) is 5.53 Å². The van der Waals surface area contributed by atoms with Gasteiger partial charge in [0.2, 0.25) is 0 Å².